The highest BCUT2D eigenvalue weighted by Crippen LogP contribution is 2.31. The summed E-state index contributed by atoms with van der Waals surface area (Å²) in [6.45, 7) is 2.40. The predicted octanol–water partition coefficient (Wildman–Crippen LogP) is 4.83. The van der Waals surface area contributed by atoms with Crippen LogP contribution in [0.2, 0.25) is 0 Å². The molecule has 0 radical (unpaired) electrons. The molecule has 0 unspecified atom stereocenters. The minimum atomic E-state index is -0.902. The van der Waals surface area contributed by atoms with Crippen molar-refractivity contribution in [2.45, 2.75) is 18.5 Å². The van der Waals surface area contributed by atoms with Gasteiger partial charge in [-0.3, -0.25) is 24.2 Å². The number of amides is 3. The van der Waals surface area contributed by atoms with Crippen LogP contribution in [0.4, 0.5) is 0 Å². The van der Waals surface area contributed by atoms with Crippen molar-refractivity contribution in [3.63, 3.8) is 0 Å². The molecule has 0 N–H and O–H groups in total. The van der Waals surface area contributed by atoms with Crippen LogP contribution in [0.5, 0.6) is 0 Å². The Labute approximate surface area is 234 Å². The molecule has 1 fully saturated rings. The second kappa shape index (κ2) is 11.3. The third-order valence-electron chi connectivity index (χ3n) is 7.92. The molecular formula is C34H31N3O3. The van der Waals surface area contributed by atoms with Gasteiger partial charge >= 0.3 is 0 Å². The van der Waals surface area contributed by atoms with E-state index in [0.717, 1.165) is 5.56 Å². The van der Waals surface area contributed by atoms with Crippen LogP contribution in [-0.2, 0) is 11.2 Å². The quantitative estimate of drug-likeness (QED) is 0.322. The van der Waals surface area contributed by atoms with Crippen molar-refractivity contribution in [2.24, 2.45) is 0 Å². The molecule has 2 heterocycles. The molecule has 1 atom stereocenters. The SMILES string of the molecule is O=C([C@@H](Cc1ccccc1)N1C(=O)c2ccccc2C1=O)N1CCN(C(c2ccccc2)c2ccccc2)CC1. The Morgan fingerprint density at radius 2 is 1.05 bits per heavy atom. The van der Waals surface area contributed by atoms with Crippen LogP contribution in [0, 0.1) is 0 Å². The van der Waals surface area contributed by atoms with Crippen LogP contribution in [0.25, 0.3) is 0 Å². The van der Waals surface area contributed by atoms with E-state index in [0.29, 0.717) is 37.3 Å². The van der Waals surface area contributed by atoms with Crippen LogP contribution in [-0.4, -0.2) is 64.6 Å². The van der Waals surface area contributed by atoms with Crippen molar-refractivity contribution in [2.75, 3.05) is 26.2 Å². The standard InChI is InChI=1S/C34H31N3O3/c38-32-28-18-10-11-19-29(28)33(39)37(32)30(24-25-12-4-1-5-13-25)34(40)36-22-20-35(21-23-36)31(26-14-6-2-7-15-26)27-16-8-3-9-17-27/h1-19,30-31H,20-24H2/t30-/m1/s1. The van der Waals surface area contributed by atoms with Crippen LogP contribution >= 0.6 is 0 Å². The average Bonchev–Trinajstić information content (AvgIpc) is 3.27. The molecule has 200 valence electrons. The number of hydrogen-bond acceptors (Lipinski definition) is 4. The van der Waals surface area contributed by atoms with Crippen molar-refractivity contribution >= 4 is 17.7 Å². The van der Waals surface area contributed by atoms with E-state index in [-0.39, 0.29) is 18.4 Å². The van der Waals surface area contributed by atoms with Crippen molar-refractivity contribution < 1.29 is 14.4 Å². The summed E-state index contributed by atoms with van der Waals surface area (Å²) in [5, 5.41) is 0. The number of hydrogen-bond donors (Lipinski definition) is 0. The fourth-order valence-electron chi connectivity index (χ4n) is 5.91. The van der Waals surface area contributed by atoms with E-state index in [1.165, 1.54) is 16.0 Å². The summed E-state index contributed by atoms with van der Waals surface area (Å²) in [4.78, 5) is 46.3. The Kier molecular flexibility index (Phi) is 7.25. The largest absolute Gasteiger partial charge is 0.338 e. The molecule has 6 heteroatoms. The third-order valence-corrected chi connectivity index (χ3v) is 7.92. The minimum Gasteiger partial charge on any atom is -0.338 e. The zero-order valence-corrected chi connectivity index (χ0v) is 22.2. The molecule has 1 saturated heterocycles. The predicted molar refractivity (Wildman–Crippen MR) is 154 cm³/mol. The summed E-state index contributed by atoms with van der Waals surface area (Å²) in [5.41, 5.74) is 4.04. The second-order valence-electron chi connectivity index (χ2n) is 10.3. The minimum absolute atomic E-state index is 0.0796. The van der Waals surface area contributed by atoms with Crippen LogP contribution in [0.3, 0.4) is 0 Å². The number of carbonyl (C=O) groups excluding carboxylic acids is 3. The fourth-order valence-corrected chi connectivity index (χ4v) is 5.91. The number of nitrogens with zero attached hydrogens (tertiary/aromatic N) is 3. The van der Waals surface area contributed by atoms with Gasteiger partial charge in [0, 0.05) is 32.6 Å². The van der Waals surface area contributed by atoms with Gasteiger partial charge in [-0.2, -0.15) is 0 Å². The summed E-state index contributed by atoms with van der Waals surface area (Å²) in [7, 11) is 0. The normalized spacial score (nSPS) is 16.3. The Bertz CT molecular complexity index is 1420. The van der Waals surface area contributed by atoms with E-state index >= 15 is 0 Å². The summed E-state index contributed by atoms with van der Waals surface area (Å²) in [5.74, 6) is -0.988. The van der Waals surface area contributed by atoms with Gasteiger partial charge in [0.15, 0.2) is 0 Å². The smallest absolute Gasteiger partial charge is 0.262 e. The van der Waals surface area contributed by atoms with Gasteiger partial charge in [-0.15, -0.1) is 0 Å². The Morgan fingerprint density at radius 1 is 0.600 bits per heavy atom. The number of imide groups is 1. The first kappa shape index (κ1) is 25.7. The molecule has 3 amide bonds. The summed E-state index contributed by atoms with van der Waals surface area (Å²) < 4.78 is 0. The first-order chi connectivity index (χ1) is 19.6. The third kappa shape index (κ3) is 4.94. The van der Waals surface area contributed by atoms with Gasteiger partial charge < -0.3 is 4.90 Å². The number of piperazine rings is 1. The van der Waals surface area contributed by atoms with Gasteiger partial charge in [0.05, 0.1) is 17.2 Å². The second-order valence-corrected chi connectivity index (χ2v) is 10.3. The molecular weight excluding hydrogens is 498 g/mol. The maximum Gasteiger partial charge on any atom is 0.262 e. The molecule has 2 aliphatic rings. The molecule has 0 aromatic heterocycles. The molecule has 40 heavy (non-hydrogen) atoms. The molecule has 0 aliphatic carbocycles. The monoisotopic (exact) mass is 529 g/mol. The highest BCUT2D eigenvalue weighted by Gasteiger charge is 2.44. The van der Waals surface area contributed by atoms with Crippen LogP contribution < -0.4 is 0 Å². The molecule has 2 aliphatic heterocycles. The van der Waals surface area contributed by atoms with E-state index in [9.17, 15) is 14.4 Å². The molecule has 0 bridgehead atoms. The molecule has 6 nitrogen and oxygen atoms in total. The highest BCUT2D eigenvalue weighted by atomic mass is 16.2. The number of carbonyl (C=O) groups is 3. The molecule has 4 aromatic rings. The van der Waals surface area contributed by atoms with E-state index in [1.54, 1.807) is 24.3 Å². The van der Waals surface area contributed by atoms with E-state index in [1.807, 2.05) is 47.4 Å². The van der Waals surface area contributed by atoms with Gasteiger partial charge in [0.1, 0.15) is 6.04 Å². The highest BCUT2D eigenvalue weighted by molar-refractivity contribution is 6.22. The Balaban J connectivity index is 1.24. The number of rotatable bonds is 7. The number of benzene rings is 4. The molecule has 6 rings (SSSR count). The van der Waals surface area contributed by atoms with Crippen LogP contribution in [0.1, 0.15) is 43.4 Å². The van der Waals surface area contributed by atoms with Gasteiger partial charge in [-0.1, -0.05) is 103 Å². The fraction of sp³-hybridized carbons (Fsp3) is 0.206. The topological polar surface area (TPSA) is 60.9 Å². The summed E-state index contributed by atoms with van der Waals surface area (Å²) in [6, 6.07) is 36.4. The summed E-state index contributed by atoms with van der Waals surface area (Å²) in [6.07, 6.45) is 0.280. The lowest BCUT2D eigenvalue weighted by molar-refractivity contribution is -0.137. The van der Waals surface area contributed by atoms with Crippen molar-refractivity contribution in [3.05, 3.63) is 143 Å². The lowest BCUT2D eigenvalue weighted by Crippen LogP contribution is -2.57. The molecule has 0 saturated carbocycles. The zero-order chi connectivity index (χ0) is 27.5. The van der Waals surface area contributed by atoms with Gasteiger partial charge in [0.25, 0.3) is 11.8 Å². The van der Waals surface area contributed by atoms with Gasteiger partial charge in [0.2, 0.25) is 5.91 Å². The van der Waals surface area contributed by atoms with E-state index in [2.05, 4.69) is 53.4 Å². The van der Waals surface area contributed by atoms with Crippen LogP contribution in [0.15, 0.2) is 115 Å². The van der Waals surface area contributed by atoms with E-state index < -0.39 is 17.9 Å². The van der Waals surface area contributed by atoms with Gasteiger partial charge in [-0.25, -0.2) is 0 Å². The Hall–Kier alpha value is -4.55. The van der Waals surface area contributed by atoms with E-state index in [4.69, 9.17) is 0 Å². The number of fused-ring (bicyclic) bond motifs is 1. The maximum absolute atomic E-state index is 14.1. The maximum atomic E-state index is 14.1. The molecule has 0 spiro atoms. The first-order valence-corrected chi connectivity index (χ1v) is 13.8. The summed E-state index contributed by atoms with van der Waals surface area (Å²) >= 11 is 0. The van der Waals surface area contributed by atoms with Crippen molar-refractivity contribution in [3.8, 4) is 0 Å². The lowest BCUT2D eigenvalue weighted by Gasteiger charge is -2.41. The first-order valence-electron chi connectivity index (χ1n) is 13.8. The lowest BCUT2D eigenvalue weighted by atomic mass is 9.96. The molecule has 4 aromatic carbocycles. The van der Waals surface area contributed by atoms with Crippen molar-refractivity contribution in [1.82, 2.24) is 14.7 Å². The van der Waals surface area contributed by atoms with Gasteiger partial charge in [-0.05, 0) is 28.8 Å². The van der Waals surface area contributed by atoms with Crippen molar-refractivity contribution in [1.29, 1.82) is 0 Å². The average molecular weight is 530 g/mol. The zero-order valence-electron chi connectivity index (χ0n) is 22.2. The Morgan fingerprint density at radius 3 is 1.55 bits per heavy atom.